The van der Waals surface area contributed by atoms with Crippen LogP contribution in [0.1, 0.15) is 20.3 Å². The summed E-state index contributed by atoms with van der Waals surface area (Å²) < 4.78 is 15.5. The molecule has 1 aromatic rings. The monoisotopic (exact) mass is 368 g/mol. The molecule has 0 radical (unpaired) electrons. The van der Waals surface area contributed by atoms with E-state index in [1.165, 1.54) is 24.3 Å². The lowest BCUT2D eigenvalue weighted by molar-refractivity contribution is -0.137. The van der Waals surface area contributed by atoms with Crippen LogP contribution in [0, 0.1) is 5.92 Å². The van der Waals surface area contributed by atoms with Crippen molar-refractivity contribution in [3.8, 4) is 11.5 Å². The number of esters is 3. The highest BCUT2D eigenvalue weighted by Gasteiger charge is 2.21. The van der Waals surface area contributed by atoms with E-state index in [0.717, 1.165) is 0 Å². The van der Waals surface area contributed by atoms with E-state index < -0.39 is 23.8 Å². The highest BCUT2D eigenvalue weighted by Crippen LogP contribution is 2.23. The minimum absolute atomic E-state index is 0.288. The van der Waals surface area contributed by atoms with E-state index in [9.17, 15) is 14.4 Å². The van der Waals surface area contributed by atoms with Gasteiger partial charge in [0, 0.05) is 11.1 Å². The Bertz CT molecular complexity index is 842. The van der Waals surface area contributed by atoms with Crippen molar-refractivity contribution in [2.75, 3.05) is 0 Å². The van der Waals surface area contributed by atoms with Crippen molar-refractivity contribution in [2.24, 2.45) is 5.92 Å². The number of hydrogen-bond acceptors (Lipinski definition) is 6. The predicted molar refractivity (Wildman–Crippen MR) is 98.8 cm³/mol. The van der Waals surface area contributed by atoms with Gasteiger partial charge in [-0.15, -0.1) is 0 Å². The van der Waals surface area contributed by atoms with Crippen molar-refractivity contribution < 1.29 is 28.6 Å². The summed E-state index contributed by atoms with van der Waals surface area (Å²) in [6.07, 6.45) is 5.16. The van der Waals surface area contributed by atoms with Gasteiger partial charge in [-0.2, -0.15) is 0 Å². The molecule has 140 valence electrons. The standard InChI is InChI=1S/C21H20O6/c1-13(2)19(22)25-16-7-5-15(6-8-16)21(24)27-18-11-9-17(10-12-18)26-20(23)14(3)4/h5,7-12,15H,1,3,6H2,2,4H3. The van der Waals surface area contributed by atoms with Gasteiger partial charge in [0.2, 0.25) is 0 Å². The van der Waals surface area contributed by atoms with Crippen LogP contribution in [0.4, 0.5) is 0 Å². The Morgan fingerprint density at radius 1 is 0.889 bits per heavy atom. The molecule has 1 atom stereocenters. The topological polar surface area (TPSA) is 78.9 Å². The molecule has 6 heteroatoms. The molecule has 0 saturated heterocycles. The smallest absolute Gasteiger partial charge is 0.338 e. The largest absolute Gasteiger partial charge is 0.426 e. The Labute approximate surface area is 157 Å². The molecule has 27 heavy (non-hydrogen) atoms. The zero-order valence-corrected chi connectivity index (χ0v) is 15.2. The number of rotatable bonds is 6. The molecule has 0 saturated carbocycles. The third kappa shape index (κ3) is 5.81. The molecule has 0 amide bonds. The number of ether oxygens (including phenoxy) is 3. The highest BCUT2D eigenvalue weighted by molar-refractivity contribution is 5.89. The summed E-state index contributed by atoms with van der Waals surface area (Å²) in [7, 11) is 0. The van der Waals surface area contributed by atoms with Gasteiger partial charge in [0.05, 0.1) is 5.92 Å². The van der Waals surface area contributed by atoms with E-state index in [4.69, 9.17) is 14.2 Å². The van der Waals surface area contributed by atoms with Crippen molar-refractivity contribution >= 4 is 17.9 Å². The number of carbonyl (C=O) groups excluding carboxylic acids is 3. The third-order valence-electron chi connectivity index (χ3n) is 3.53. The van der Waals surface area contributed by atoms with Crippen LogP contribution in [0.15, 0.2) is 72.6 Å². The third-order valence-corrected chi connectivity index (χ3v) is 3.53. The van der Waals surface area contributed by atoms with Crippen LogP contribution in [0.2, 0.25) is 0 Å². The first-order valence-corrected chi connectivity index (χ1v) is 8.21. The zero-order valence-electron chi connectivity index (χ0n) is 15.2. The maximum Gasteiger partial charge on any atom is 0.338 e. The molecule has 0 aromatic heterocycles. The van der Waals surface area contributed by atoms with Crippen LogP contribution < -0.4 is 9.47 Å². The summed E-state index contributed by atoms with van der Waals surface area (Å²) in [4.78, 5) is 35.2. The fourth-order valence-electron chi connectivity index (χ4n) is 2.01. The van der Waals surface area contributed by atoms with E-state index in [-0.39, 0.29) is 5.57 Å². The second-order valence-corrected chi connectivity index (χ2v) is 6.04. The van der Waals surface area contributed by atoms with Crippen molar-refractivity contribution in [3.05, 3.63) is 72.6 Å². The molecule has 0 spiro atoms. The van der Waals surface area contributed by atoms with Gasteiger partial charge in [0.15, 0.2) is 0 Å². The van der Waals surface area contributed by atoms with Crippen LogP contribution in [-0.2, 0) is 19.1 Å². The van der Waals surface area contributed by atoms with Crippen LogP contribution in [0.5, 0.6) is 11.5 Å². The fraction of sp³-hybridized carbons (Fsp3) is 0.190. The molecule has 1 aromatic carbocycles. The van der Waals surface area contributed by atoms with Crippen LogP contribution in [0.25, 0.3) is 0 Å². The van der Waals surface area contributed by atoms with Gasteiger partial charge in [0.25, 0.3) is 0 Å². The van der Waals surface area contributed by atoms with E-state index >= 15 is 0 Å². The Morgan fingerprint density at radius 3 is 1.89 bits per heavy atom. The number of hydrogen-bond donors (Lipinski definition) is 0. The molecular formula is C21H20O6. The quantitative estimate of drug-likeness (QED) is 0.433. The maximum atomic E-state index is 12.2. The second kappa shape index (κ2) is 8.80. The minimum atomic E-state index is -0.526. The predicted octanol–water partition coefficient (Wildman–Crippen LogP) is 3.65. The molecule has 0 aliphatic heterocycles. The van der Waals surface area contributed by atoms with E-state index in [1.807, 2.05) is 0 Å². The lowest BCUT2D eigenvalue weighted by Gasteiger charge is -2.15. The molecule has 0 bridgehead atoms. The Hall–Kier alpha value is -3.41. The summed E-state index contributed by atoms with van der Waals surface area (Å²) in [6, 6.07) is 6.10. The minimum Gasteiger partial charge on any atom is -0.426 e. The Balaban J connectivity index is 1.89. The molecule has 6 nitrogen and oxygen atoms in total. The zero-order chi connectivity index (χ0) is 20.0. The van der Waals surface area contributed by atoms with Gasteiger partial charge >= 0.3 is 17.9 Å². The first-order chi connectivity index (χ1) is 12.8. The highest BCUT2D eigenvalue weighted by atomic mass is 16.5. The van der Waals surface area contributed by atoms with Crippen molar-refractivity contribution in [1.29, 1.82) is 0 Å². The average molecular weight is 368 g/mol. The van der Waals surface area contributed by atoms with Crippen molar-refractivity contribution in [1.82, 2.24) is 0 Å². The van der Waals surface area contributed by atoms with E-state index in [2.05, 4.69) is 13.2 Å². The lowest BCUT2D eigenvalue weighted by Crippen LogP contribution is -2.20. The lowest BCUT2D eigenvalue weighted by atomic mass is 10.0. The first kappa shape index (κ1) is 19.9. The SMILES string of the molecule is C=C(C)C(=O)OC1=CCC(C(=O)Oc2ccc(OC(=O)C(=C)C)cc2)C=C1. The summed E-state index contributed by atoms with van der Waals surface area (Å²) >= 11 is 0. The van der Waals surface area contributed by atoms with Gasteiger partial charge in [0.1, 0.15) is 17.3 Å². The van der Waals surface area contributed by atoms with Crippen LogP contribution in [-0.4, -0.2) is 17.9 Å². The Morgan fingerprint density at radius 2 is 1.41 bits per heavy atom. The number of allylic oxidation sites excluding steroid dienone is 2. The number of carbonyl (C=O) groups is 3. The van der Waals surface area contributed by atoms with Crippen molar-refractivity contribution in [3.63, 3.8) is 0 Å². The van der Waals surface area contributed by atoms with E-state index in [1.54, 1.807) is 32.1 Å². The molecule has 0 heterocycles. The molecule has 0 N–H and O–H groups in total. The van der Waals surface area contributed by atoms with Crippen molar-refractivity contribution in [2.45, 2.75) is 20.3 Å². The molecule has 1 aliphatic carbocycles. The molecule has 0 fully saturated rings. The average Bonchev–Trinajstić information content (AvgIpc) is 2.63. The summed E-state index contributed by atoms with van der Waals surface area (Å²) in [5.74, 6) is -0.950. The normalized spacial score (nSPS) is 15.3. The van der Waals surface area contributed by atoms with Crippen LogP contribution in [0.3, 0.4) is 0 Å². The van der Waals surface area contributed by atoms with Gasteiger partial charge in [-0.05, 0) is 56.7 Å². The van der Waals surface area contributed by atoms with Gasteiger partial charge in [-0.3, -0.25) is 4.79 Å². The molecule has 1 unspecified atom stereocenters. The first-order valence-electron chi connectivity index (χ1n) is 8.21. The van der Waals surface area contributed by atoms with Gasteiger partial charge < -0.3 is 14.2 Å². The fourth-order valence-corrected chi connectivity index (χ4v) is 2.01. The molecule has 2 rings (SSSR count). The molecule has 1 aliphatic rings. The second-order valence-electron chi connectivity index (χ2n) is 6.04. The van der Waals surface area contributed by atoms with Crippen LogP contribution >= 0.6 is 0 Å². The Kier molecular flexibility index (Phi) is 6.49. The summed E-state index contributed by atoms with van der Waals surface area (Å²) in [5, 5.41) is 0. The summed E-state index contributed by atoms with van der Waals surface area (Å²) in [5.41, 5.74) is 0.583. The number of benzene rings is 1. The molecular weight excluding hydrogens is 348 g/mol. The van der Waals surface area contributed by atoms with E-state index in [0.29, 0.717) is 29.3 Å². The van der Waals surface area contributed by atoms with Gasteiger partial charge in [-0.1, -0.05) is 19.2 Å². The summed E-state index contributed by atoms with van der Waals surface area (Å²) in [6.45, 7) is 10.1. The van der Waals surface area contributed by atoms with Gasteiger partial charge in [-0.25, -0.2) is 9.59 Å². The maximum absolute atomic E-state index is 12.2.